The van der Waals surface area contributed by atoms with E-state index in [2.05, 4.69) is 0 Å². The van der Waals surface area contributed by atoms with Gasteiger partial charge in [0.2, 0.25) is 0 Å². The average molecular weight is 348 g/mol. The van der Waals surface area contributed by atoms with Crippen LogP contribution in [0.2, 0.25) is 0 Å². The molecule has 25 heavy (non-hydrogen) atoms. The molecule has 0 unspecified atom stereocenters. The molecule has 3 rings (SSSR count). The molecule has 0 aliphatic carbocycles. The van der Waals surface area contributed by atoms with Crippen LogP contribution < -0.4 is 9.47 Å². The number of aromatic hydroxyl groups is 1. The predicted octanol–water partition coefficient (Wildman–Crippen LogP) is 2.78. The summed E-state index contributed by atoms with van der Waals surface area (Å²) in [5.41, 5.74) is 0.622. The highest BCUT2D eigenvalue weighted by atomic mass is 16.7. The van der Waals surface area contributed by atoms with Gasteiger partial charge in [0.25, 0.3) is 0 Å². The molecule has 134 valence electrons. The zero-order valence-corrected chi connectivity index (χ0v) is 14.5. The lowest BCUT2D eigenvalue weighted by Gasteiger charge is -2.31. The van der Waals surface area contributed by atoms with E-state index in [0.717, 1.165) is 0 Å². The number of phenolic OH excluding ortho intramolecular Hbond substituents is 1. The van der Waals surface area contributed by atoms with Crippen LogP contribution in [0.4, 0.5) is 0 Å². The number of methoxy groups -OCH3 is 3. The SMILES string of the molecule is COCO[C@H]1c2cc3cc(OC)cc(OC)c3c(O)c2C(=O)O[C@H]1C. The molecule has 0 amide bonds. The van der Waals surface area contributed by atoms with Gasteiger partial charge in [0.1, 0.15) is 41.8 Å². The van der Waals surface area contributed by atoms with Crippen LogP contribution in [0.3, 0.4) is 0 Å². The Hall–Kier alpha value is -2.51. The summed E-state index contributed by atoms with van der Waals surface area (Å²) in [5.74, 6) is 0.173. The number of fused-ring (bicyclic) bond motifs is 2. The Morgan fingerprint density at radius 2 is 1.92 bits per heavy atom. The molecule has 1 aliphatic heterocycles. The maximum Gasteiger partial charge on any atom is 0.342 e. The summed E-state index contributed by atoms with van der Waals surface area (Å²) in [4.78, 5) is 12.4. The Bertz CT molecular complexity index is 815. The van der Waals surface area contributed by atoms with Crippen LogP contribution in [-0.2, 0) is 14.2 Å². The first-order valence-corrected chi connectivity index (χ1v) is 7.75. The third kappa shape index (κ3) is 2.85. The maximum absolute atomic E-state index is 12.4. The van der Waals surface area contributed by atoms with Gasteiger partial charge in [0, 0.05) is 18.7 Å². The summed E-state index contributed by atoms with van der Waals surface area (Å²) in [6, 6.07) is 5.19. The van der Waals surface area contributed by atoms with Crippen molar-refractivity contribution in [1.29, 1.82) is 0 Å². The Morgan fingerprint density at radius 3 is 2.56 bits per heavy atom. The summed E-state index contributed by atoms with van der Waals surface area (Å²) in [5, 5.41) is 11.8. The van der Waals surface area contributed by atoms with Crippen molar-refractivity contribution >= 4 is 16.7 Å². The van der Waals surface area contributed by atoms with Crippen LogP contribution in [-0.4, -0.2) is 45.3 Å². The summed E-state index contributed by atoms with van der Waals surface area (Å²) in [6.07, 6.45) is -1.07. The van der Waals surface area contributed by atoms with Crippen molar-refractivity contribution in [1.82, 2.24) is 0 Å². The highest BCUT2D eigenvalue weighted by molar-refractivity contribution is 6.06. The fourth-order valence-corrected chi connectivity index (χ4v) is 3.11. The molecule has 0 spiro atoms. The van der Waals surface area contributed by atoms with Crippen LogP contribution in [0.1, 0.15) is 28.9 Å². The second-order valence-electron chi connectivity index (χ2n) is 5.72. The molecular formula is C18H20O7. The van der Waals surface area contributed by atoms with E-state index in [0.29, 0.717) is 27.8 Å². The van der Waals surface area contributed by atoms with Crippen LogP contribution in [0.5, 0.6) is 17.2 Å². The number of hydrogen-bond acceptors (Lipinski definition) is 7. The van der Waals surface area contributed by atoms with E-state index in [9.17, 15) is 9.90 Å². The van der Waals surface area contributed by atoms with Gasteiger partial charge in [-0.3, -0.25) is 0 Å². The Labute approximate surface area is 145 Å². The number of phenols is 1. The summed E-state index contributed by atoms with van der Waals surface area (Å²) < 4.78 is 26.6. The van der Waals surface area contributed by atoms with Crippen molar-refractivity contribution in [3.8, 4) is 17.2 Å². The molecule has 7 heteroatoms. The fourth-order valence-electron chi connectivity index (χ4n) is 3.11. The van der Waals surface area contributed by atoms with E-state index in [1.165, 1.54) is 14.2 Å². The lowest BCUT2D eigenvalue weighted by atomic mass is 9.91. The molecule has 2 atom stereocenters. The molecule has 0 fully saturated rings. The molecule has 7 nitrogen and oxygen atoms in total. The Kier molecular flexibility index (Phi) is 4.69. The van der Waals surface area contributed by atoms with Gasteiger partial charge in [0.15, 0.2) is 0 Å². The van der Waals surface area contributed by atoms with E-state index in [1.54, 1.807) is 32.2 Å². The normalized spacial score (nSPS) is 19.4. The number of hydrogen-bond donors (Lipinski definition) is 1. The molecule has 2 aromatic rings. The van der Waals surface area contributed by atoms with Crippen LogP contribution in [0.25, 0.3) is 10.8 Å². The molecule has 0 saturated heterocycles. The number of cyclic esters (lactones) is 1. The van der Waals surface area contributed by atoms with Gasteiger partial charge < -0.3 is 28.8 Å². The number of carbonyl (C=O) groups excluding carboxylic acids is 1. The minimum Gasteiger partial charge on any atom is -0.506 e. The quantitative estimate of drug-likeness (QED) is 0.657. The average Bonchev–Trinajstić information content (AvgIpc) is 2.60. The minimum atomic E-state index is -0.600. The summed E-state index contributed by atoms with van der Waals surface area (Å²) in [7, 11) is 4.54. The molecule has 2 aromatic carbocycles. The summed E-state index contributed by atoms with van der Waals surface area (Å²) >= 11 is 0. The maximum atomic E-state index is 12.4. The minimum absolute atomic E-state index is 0.0340. The first kappa shape index (κ1) is 17.3. The molecule has 1 aliphatic rings. The van der Waals surface area contributed by atoms with Crippen molar-refractivity contribution in [3.63, 3.8) is 0 Å². The molecule has 1 heterocycles. The number of esters is 1. The third-order valence-electron chi connectivity index (χ3n) is 4.23. The molecular weight excluding hydrogens is 328 g/mol. The van der Waals surface area contributed by atoms with Crippen molar-refractivity contribution in [2.75, 3.05) is 28.1 Å². The van der Waals surface area contributed by atoms with Crippen molar-refractivity contribution in [2.24, 2.45) is 0 Å². The third-order valence-corrected chi connectivity index (χ3v) is 4.23. The highest BCUT2D eigenvalue weighted by Crippen LogP contribution is 2.45. The Morgan fingerprint density at radius 1 is 1.16 bits per heavy atom. The zero-order chi connectivity index (χ0) is 18.1. The molecule has 1 N–H and O–H groups in total. The van der Waals surface area contributed by atoms with E-state index in [-0.39, 0.29) is 18.1 Å². The second-order valence-corrected chi connectivity index (χ2v) is 5.72. The van der Waals surface area contributed by atoms with Gasteiger partial charge in [-0.2, -0.15) is 0 Å². The van der Waals surface area contributed by atoms with Crippen LogP contribution in [0, 0.1) is 0 Å². The number of ether oxygens (including phenoxy) is 5. The van der Waals surface area contributed by atoms with Crippen molar-refractivity contribution in [3.05, 3.63) is 29.3 Å². The van der Waals surface area contributed by atoms with Crippen LogP contribution >= 0.6 is 0 Å². The monoisotopic (exact) mass is 348 g/mol. The molecule has 0 bridgehead atoms. The highest BCUT2D eigenvalue weighted by Gasteiger charge is 2.37. The zero-order valence-electron chi connectivity index (χ0n) is 14.5. The van der Waals surface area contributed by atoms with Gasteiger partial charge in [-0.15, -0.1) is 0 Å². The predicted molar refractivity (Wildman–Crippen MR) is 89.3 cm³/mol. The van der Waals surface area contributed by atoms with Gasteiger partial charge in [-0.1, -0.05) is 0 Å². The molecule has 0 aromatic heterocycles. The van der Waals surface area contributed by atoms with E-state index >= 15 is 0 Å². The lowest BCUT2D eigenvalue weighted by Crippen LogP contribution is -2.32. The van der Waals surface area contributed by atoms with E-state index in [1.807, 2.05) is 0 Å². The van der Waals surface area contributed by atoms with Crippen molar-refractivity contribution < 1.29 is 33.6 Å². The second kappa shape index (κ2) is 6.78. The first-order chi connectivity index (χ1) is 12.0. The largest absolute Gasteiger partial charge is 0.506 e. The number of benzene rings is 2. The number of carbonyl (C=O) groups is 1. The smallest absolute Gasteiger partial charge is 0.342 e. The lowest BCUT2D eigenvalue weighted by molar-refractivity contribution is -0.118. The van der Waals surface area contributed by atoms with Gasteiger partial charge in [0.05, 0.1) is 19.6 Å². The Balaban J connectivity index is 2.28. The standard InChI is InChI=1S/C18H20O7/c1-9-17(24-8-21-2)12-6-10-5-11(22-3)7-13(23-4)14(10)16(19)15(12)18(20)25-9/h5-7,9,17,19H,8H2,1-4H3/t9-,17+/m0/s1. The van der Waals surface area contributed by atoms with Gasteiger partial charge in [-0.05, 0) is 24.4 Å². The van der Waals surface area contributed by atoms with E-state index in [4.69, 9.17) is 23.7 Å². The van der Waals surface area contributed by atoms with Gasteiger partial charge >= 0.3 is 5.97 Å². The fraction of sp³-hybridized carbons (Fsp3) is 0.389. The summed E-state index contributed by atoms with van der Waals surface area (Å²) in [6.45, 7) is 1.76. The number of rotatable bonds is 5. The van der Waals surface area contributed by atoms with Crippen LogP contribution in [0.15, 0.2) is 18.2 Å². The van der Waals surface area contributed by atoms with E-state index < -0.39 is 18.2 Å². The molecule has 0 saturated carbocycles. The first-order valence-electron chi connectivity index (χ1n) is 7.75. The molecule has 0 radical (unpaired) electrons. The van der Waals surface area contributed by atoms with Crippen molar-refractivity contribution in [2.45, 2.75) is 19.1 Å². The topological polar surface area (TPSA) is 83.5 Å². The van der Waals surface area contributed by atoms with Gasteiger partial charge in [-0.25, -0.2) is 4.79 Å².